The minimum absolute atomic E-state index is 0.124. The molecule has 0 aliphatic carbocycles. The monoisotopic (exact) mass is 362 g/mol. The van der Waals surface area contributed by atoms with Gasteiger partial charge in [-0.2, -0.15) is 0 Å². The number of non-ortho nitro benzene ring substituents is 1. The van der Waals surface area contributed by atoms with E-state index in [9.17, 15) is 14.9 Å². The Bertz CT molecular complexity index is 787. The van der Waals surface area contributed by atoms with Crippen molar-refractivity contribution in [1.82, 2.24) is 14.9 Å². The van der Waals surface area contributed by atoms with Crippen LogP contribution in [-0.2, 0) is 0 Å². The van der Waals surface area contributed by atoms with Gasteiger partial charge in [0.15, 0.2) is 0 Å². The largest absolute Gasteiger partial charge is 0.472 e. The summed E-state index contributed by atoms with van der Waals surface area (Å²) in [6.07, 6.45) is 4.32. The van der Waals surface area contributed by atoms with Crippen LogP contribution in [0.15, 0.2) is 36.8 Å². The van der Waals surface area contributed by atoms with Crippen molar-refractivity contribution in [2.45, 2.75) is 18.9 Å². The Morgan fingerprint density at radius 1 is 1.40 bits per heavy atom. The zero-order valence-corrected chi connectivity index (χ0v) is 13.9. The van der Waals surface area contributed by atoms with Crippen molar-refractivity contribution in [3.8, 4) is 5.88 Å². The third-order valence-corrected chi connectivity index (χ3v) is 4.23. The lowest BCUT2D eigenvalue weighted by atomic mass is 10.1. The molecule has 0 saturated carbocycles. The summed E-state index contributed by atoms with van der Waals surface area (Å²) in [5.41, 5.74) is -0.0444. The Morgan fingerprint density at radius 2 is 2.24 bits per heavy atom. The van der Waals surface area contributed by atoms with E-state index in [4.69, 9.17) is 16.3 Å². The lowest BCUT2D eigenvalue weighted by Gasteiger charge is -2.32. The fourth-order valence-electron chi connectivity index (χ4n) is 2.70. The number of piperidine rings is 1. The molecule has 1 saturated heterocycles. The number of carbonyl (C=O) groups is 1. The molecule has 1 fully saturated rings. The van der Waals surface area contributed by atoms with E-state index in [-0.39, 0.29) is 28.3 Å². The molecule has 1 aromatic heterocycles. The average Bonchev–Trinajstić information content (AvgIpc) is 2.62. The lowest BCUT2D eigenvalue weighted by Crippen LogP contribution is -2.44. The van der Waals surface area contributed by atoms with Crippen LogP contribution in [0, 0.1) is 10.1 Å². The number of benzene rings is 1. The smallest absolute Gasteiger partial charge is 0.270 e. The normalized spacial score (nSPS) is 17.2. The first kappa shape index (κ1) is 17.1. The van der Waals surface area contributed by atoms with E-state index in [1.54, 1.807) is 17.2 Å². The van der Waals surface area contributed by atoms with Crippen molar-refractivity contribution in [1.29, 1.82) is 0 Å². The van der Waals surface area contributed by atoms with Gasteiger partial charge in [-0.3, -0.25) is 14.9 Å². The van der Waals surface area contributed by atoms with Gasteiger partial charge < -0.3 is 9.64 Å². The number of amides is 1. The van der Waals surface area contributed by atoms with E-state index in [0.29, 0.717) is 19.0 Å². The van der Waals surface area contributed by atoms with Gasteiger partial charge in [-0.15, -0.1) is 0 Å². The summed E-state index contributed by atoms with van der Waals surface area (Å²) in [7, 11) is 0. The maximum absolute atomic E-state index is 12.7. The number of likely N-dealkylation sites (tertiary alicyclic amines) is 1. The Balaban J connectivity index is 1.74. The number of hydrogen-bond acceptors (Lipinski definition) is 6. The van der Waals surface area contributed by atoms with Gasteiger partial charge in [0, 0.05) is 30.9 Å². The Kier molecular flexibility index (Phi) is 5.08. The van der Waals surface area contributed by atoms with Crippen LogP contribution >= 0.6 is 11.6 Å². The summed E-state index contributed by atoms with van der Waals surface area (Å²) in [5.74, 6) is 0.104. The molecule has 1 atom stereocenters. The van der Waals surface area contributed by atoms with Crippen molar-refractivity contribution >= 4 is 23.2 Å². The zero-order chi connectivity index (χ0) is 17.8. The third-order valence-electron chi connectivity index (χ3n) is 3.90. The second-order valence-corrected chi connectivity index (χ2v) is 6.01. The minimum Gasteiger partial charge on any atom is -0.472 e. The average molecular weight is 363 g/mol. The number of carbonyl (C=O) groups excluding carboxylic acids is 1. The standard InChI is InChI=1S/C16H15ClN4O4/c17-14-4-3-11(21(23)24)8-13(14)16(22)20-7-1-2-12(9-20)25-15-5-6-18-10-19-15/h3-6,8,10,12H,1-2,7,9H2. The van der Waals surface area contributed by atoms with Crippen molar-refractivity contribution in [2.24, 2.45) is 0 Å². The van der Waals surface area contributed by atoms with Gasteiger partial charge in [-0.25, -0.2) is 9.97 Å². The topological polar surface area (TPSA) is 98.5 Å². The number of aromatic nitrogens is 2. The minimum atomic E-state index is -0.551. The quantitative estimate of drug-likeness (QED) is 0.612. The van der Waals surface area contributed by atoms with Gasteiger partial charge >= 0.3 is 0 Å². The van der Waals surface area contributed by atoms with Crippen LogP contribution in [0.1, 0.15) is 23.2 Å². The molecule has 1 amide bonds. The maximum Gasteiger partial charge on any atom is 0.270 e. The molecular formula is C16H15ClN4O4. The van der Waals surface area contributed by atoms with Crippen molar-refractivity contribution in [3.05, 3.63) is 57.5 Å². The van der Waals surface area contributed by atoms with Gasteiger partial charge in [0.1, 0.15) is 12.4 Å². The number of ether oxygens (including phenoxy) is 1. The SMILES string of the molecule is O=C(c1cc([N+](=O)[O-])ccc1Cl)N1CCCC(Oc2ccncn2)C1. The Labute approximate surface area is 148 Å². The fourth-order valence-corrected chi connectivity index (χ4v) is 2.90. The Hall–Kier alpha value is -2.74. The Morgan fingerprint density at radius 3 is 2.96 bits per heavy atom. The number of halogens is 1. The molecule has 0 radical (unpaired) electrons. The van der Waals surface area contributed by atoms with E-state index < -0.39 is 4.92 Å². The summed E-state index contributed by atoms with van der Waals surface area (Å²) >= 11 is 6.06. The van der Waals surface area contributed by atoms with Gasteiger partial charge in [0.05, 0.1) is 22.1 Å². The van der Waals surface area contributed by atoms with Gasteiger partial charge in [0.2, 0.25) is 5.88 Å². The van der Waals surface area contributed by atoms with Crippen molar-refractivity contribution in [3.63, 3.8) is 0 Å². The number of hydrogen-bond donors (Lipinski definition) is 0. The first-order valence-electron chi connectivity index (χ1n) is 7.70. The van der Waals surface area contributed by atoms with E-state index in [2.05, 4.69) is 9.97 Å². The van der Waals surface area contributed by atoms with E-state index in [1.807, 2.05) is 0 Å². The highest BCUT2D eigenvalue weighted by molar-refractivity contribution is 6.33. The molecule has 130 valence electrons. The van der Waals surface area contributed by atoms with Crippen LogP contribution in [0.5, 0.6) is 5.88 Å². The summed E-state index contributed by atoms with van der Waals surface area (Å²) in [4.78, 5) is 32.5. The van der Waals surface area contributed by atoms with Gasteiger partial charge in [-0.1, -0.05) is 11.6 Å². The van der Waals surface area contributed by atoms with Crippen LogP contribution in [0.25, 0.3) is 0 Å². The highest BCUT2D eigenvalue weighted by atomic mass is 35.5. The van der Waals surface area contributed by atoms with Crippen LogP contribution in [0.2, 0.25) is 5.02 Å². The van der Waals surface area contributed by atoms with E-state index >= 15 is 0 Å². The van der Waals surface area contributed by atoms with Crippen LogP contribution in [0.3, 0.4) is 0 Å². The molecule has 0 N–H and O–H groups in total. The van der Waals surface area contributed by atoms with E-state index in [0.717, 1.165) is 12.8 Å². The molecule has 8 nitrogen and oxygen atoms in total. The van der Waals surface area contributed by atoms with E-state index in [1.165, 1.54) is 24.5 Å². The summed E-state index contributed by atoms with van der Waals surface area (Å²) < 4.78 is 5.78. The first-order chi connectivity index (χ1) is 12.0. The molecule has 1 aliphatic heterocycles. The molecular weight excluding hydrogens is 348 g/mol. The van der Waals surface area contributed by atoms with Crippen LogP contribution in [0.4, 0.5) is 5.69 Å². The molecule has 1 unspecified atom stereocenters. The van der Waals surface area contributed by atoms with Crippen molar-refractivity contribution < 1.29 is 14.5 Å². The molecule has 9 heteroatoms. The summed E-state index contributed by atoms with van der Waals surface area (Å²) in [6.45, 7) is 0.906. The van der Waals surface area contributed by atoms with Crippen LogP contribution in [-0.4, -0.2) is 44.9 Å². The van der Waals surface area contributed by atoms with Crippen LogP contribution < -0.4 is 4.74 Å². The molecule has 2 heterocycles. The molecule has 25 heavy (non-hydrogen) atoms. The highest BCUT2D eigenvalue weighted by Crippen LogP contribution is 2.25. The predicted molar refractivity (Wildman–Crippen MR) is 89.7 cm³/mol. The first-order valence-corrected chi connectivity index (χ1v) is 8.08. The van der Waals surface area contributed by atoms with Crippen molar-refractivity contribution in [2.75, 3.05) is 13.1 Å². The number of nitrogens with zero attached hydrogens (tertiary/aromatic N) is 4. The number of rotatable bonds is 4. The lowest BCUT2D eigenvalue weighted by molar-refractivity contribution is -0.384. The number of nitro groups is 1. The molecule has 1 aromatic carbocycles. The maximum atomic E-state index is 12.7. The summed E-state index contributed by atoms with van der Waals surface area (Å²) in [6, 6.07) is 5.50. The molecule has 0 spiro atoms. The predicted octanol–water partition coefficient (Wildman–Crippen LogP) is 2.72. The van der Waals surface area contributed by atoms with Gasteiger partial charge in [0.25, 0.3) is 11.6 Å². The molecule has 2 aromatic rings. The second-order valence-electron chi connectivity index (χ2n) is 5.60. The molecule has 3 rings (SSSR count). The highest BCUT2D eigenvalue weighted by Gasteiger charge is 2.28. The second kappa shape index (κ2) is 7.43. The molecule has 0 bridgehead atoms. The fraction of sp³-hybridized carbons (Fsp3) is 0.312. The molecule has 1 aliphatic rings. The zero-order valence-electron chi connectivity index (χ0n) is 13.2. The number of nitro benzene ring substituents is 1. The summed E-state index contributed by atoms with van der Waals surface area (Å²) in [5, 5.41) is 11.1. The third kappa shape index (κ3) is 4.03. The van der Waals surface area contributed by atoms with Gasteiger partial charge in [-0.05, 0) is 18.9 Å².